The SMILES string of the molecule is CCCCC(CC)Nc1ccccc1CC. The van der Waals surface area contributed by atoms with Gasteiger partial charge in [0, 0.05) is 11.7 Å². The summed E-state index contributed by atoms with van der Waals surface area (Å²) in [6, 6.07) is 9.29. The lowest BCUT2D eigenvalue weighted by atomic mass is 10.1. The molecule has 1 aromatic rings. The minimum absolute atomic E-state index is 0.632. The van der Waals surface area contributed by atoms with E-state index in [1.807, 2.05) is 0 Å². The van der Waals surface area contributed by atoms with Crippen LogP contribution in [0, 0.1) is 0 Å². The highest BCUT2D eigenvalue weighted by molar-refractivity contribution is 5.51. The predicted octanol–water partition coefficient (Wildman–Crippen LogP) is 4.63. The van der Waals surface area contributed by atoms with Crippen LogP contribution < -0.4 is 5.32 Å². The number of benzene rings is 1. The molecule has 0 radical (unpaired) electrons. The van der Waals surface area contributed by atoms with Crippen molar-refractivity contribution < 1.29 is 0 Å². The number of nitrogens with one attached hydrogen (secondary N) is 1. The molecule has 16 heavy (non-hydrogen) atoms. The van der Waals surface area contributed by atoms with Crippen LogP contribution in [-0.2, 0) is 6.42 Å². The lowest BCUT2D eigenvalue weighted by molar-refractivity contribution is 0.593. The second-order valence-corrected chi connectivity index (χ2v) is 4.40. The normalized spacial score (nSPS) is 12.4. The fraction of sp³-hybridized carbons (Fsp3) is 0.600. The number of unbranched alkanes of at least 4 members (excludes halogenated alkanes) is 1. The highest BCUT2D eigenvalue weighted by Gasteiger charge is 2.07. The van der Waals surface area contributed by atoms with Gasteiger partial charge in [-0.1, -0.05) is 51.8 Å². The Hall–Kier alpha value is -0.980. The molecular formula is C15H25N. The van der Waals surface area contributed by atoms with Gasteiger partial charge in [-0.2, -0.15) is 0 Å². The second-order valence-electron chi connectivity index (χ2n) is 4.40. The van der Waals surface area contributed by atoms with Gasteiger partial charge in [0.15, 0.2) is 0 Å². The van der Waals surface area contributed by atoms with Crippen LogP contribution in [0.4, 0.5) is 5.69 Å². The van der Waals surface area contributed by atoms with E-state index in [0.717, 1.165) is 6.42 Å². The Labute approximate surface area is 100 Å². The zero-order valence-electron chi connectivity index (χ0n) is 10.9. The zero-order valence-corrected chi connectivity index (χ0v) is 10.9. The fourth-order valence-corrected chi connectivity index (χ4v) is 2.02. The average Bonchev–Trinajstić information content (AvgIpc) is 2.34. The molecular weight excluding hydrogens is 194 g/mol. The van der Waals surface area contributed by atoms with E-state index in [1.54, 1.807) is 0 Å². The lowest BCUT2D eigenvalue weighted by Crippen LogP contribution is -2.19. The monoisotopic (exact) mass is 219 g/mol. The third-order valence-corrected chi connectivity index (χ3v) is 3.16. The fourth-order valence-electron chi connectivity index (χ4n) is 2.02. The summed E-state index contributed by atoms with van der Waals surface area (Å²) in [6.07, 6.45) is 6.20. The van der Waals surface area contributed by atoms with Gasteiger partial charge >= 0.3 is 0 Å². The molecule has 0 fully saturated rings. The van der Waals surface area contributed by atoms with Crippen LogP contribution in [0.1, 0.15) is 52.0 Å². The summed E-state index contributed by atoms with van der Waals surface area (Å²) in [5.41, 5.74) is 2.76. The van der Waals surface area contributed by atoms with E-state index < -0.39 is 0 Å². The first kappa shape index (κ1) is 13.1. The summed E-state index contributed by atoms with van der Waals surface area (Å²) >= 11 is 0. The molecule has 1 nitrogen and oxygen atoms in total. The standard InChI is InChI=1S/C15H25N/c1-4-7-11-14(6-3)16-15-12-9-8-10-13(15)5-2/h8-10,12,14,16H,4-7,11H2,1-3H3. The molecule has 0 bridgehead atoms. The Balaban J connectivity index is 2.62. The molecule has 0 aliphatic heterocycles. The van der Waals surface area contributed by atoms with Gasteiger partial charge in [0.2, 0.25) is 0 Å². The third-order valence-electron chi connectivity index (χ3n) is 3.16. The molecule has 0 saturated carbocycles. The van der Waals surface area contributed by atoms with Crippen LogP contribution in [-0.4, -0.2) is 6.04 Å². The summed E-state index contributed by atoms with van der Waals surface area (Å²) in [5, 5.41) is 3.68. The topological polar surface area (TPSA) is 12.0 Å². The first-order chi connectivity index (χ1) is 7.81. The summed E-state index contributed by atoms with van der Waals surface area (Å²) in [6.45, 7) is 6.74. The lowest BCUT2D eigenvalue weighted by Gasteiger charge is -2.20. The first-order valence-corrected chi connectivity index (χ1v) is 6.66. The average molecular weight is 219 g/mol. The predicted molar refractivity (Wildman–Crippen MR) is 73.0 cm³/mol. The number of hydrogen-bond acceptors (Lipinski definition) is 1. The Morgan fingerprint density at radius 3 is 2.50 bits per heavy atom. The van der Waals surface area contributed by atoms with Gasteiger partial charge in [-0.25, -0.2) is 0 Å². The summed E-state index contributed by atoms with van der Waals surface area (Å²) in [4.78, 5) is 0. The molecule has 0 amide bonds. The van der Waals surface area contributed by atoms with Crippen molar-refractivity contribution in [3.8, 4) is 0 Å². The number of hydrogen-bond donors (Lipinski definition) is 1. The molecule has 0 aliphatic rings. The summed E-state index contributed by atoms with van der Waals surface area (Å²) < 4.78 is 0. The minimum atomic E-state index is 0.632. The summed E-state index contributed by atoms with van der Waals surface area (Å²) in [7, 11) is 0. The number of para-hydroxylation sites is 1. The molecule has 0 aromatic heterocycles. The number of aryl methyl sites for hydroxylation is 1. The van der Waals surface area contributed by atoms with E-state index in [4.69, 9.17) is 0 Å². The van der Waals surface area contributed by atoms with Gasteiger partial charge in [0.1, 0.15) is 0 Å². The van der Waals surface area contributed by atoms with Gasteiger partial charge in [0.05, 0.1) is 0 Å². The van der Waals surface area contributed by atoms with Crippen LogP contribution in [0.5, 0.6) is 0 Å². The van der Waals surface area contributed by atoms with Crippen LogP contribution in [0.2, 0.25) is 0 Å². The van der Waals surface area contributed by atoms with Gasteiger partial charge < -0.3 is 5.32 Å². The molecule has 1 rings (SSSR count). The van der Waals surface area contributed by atoms with Crippen molar-refractivity contribution in [1.29, 1.82) is 0 Å². The van der Waals surface area contributed by atoms with Crippen molar-refractivity contribution in [2.45, 2.75) is 58.9 Å². The Bertz CT molecular complexity index is 293. The highest BCUT2D eigenvalue weighted by atomic mass is 14.9. The second kappa shape index (κ2) is 7.32. The van der Waals surface area contributed by atoms with Crippen molar-refractivity contribution in [3.63, 3.8) is 0 Å². The summed E-state index contributed by atoms with van der Waals surface area (Å²) in [5.74, 6) is 0. The maximum atomic E-state index is 3.68. The first-order valence-electron chi connectivity index (χ1n) is 6.66. The molecule has 1 aromatic carbocycles. The zero-order chi connectivity index (χ0) is 11.8. The molecule has 1 N–H and O–H groups in total. The van der Waals surface area contributed by atoms with Gasteiger partial charge in [-0.15, -0.1) is 0 Å². The van der Waals surface area contributed by atoms with E-state index in [2.05, 4.69) is 50.4 Å². The van der Waals surface area contributed by atoms with E-state index in [9.17, 15) is 0 Å². The Kier molecular flexibility index (Phi) is 5.99. The number of anilines is 1. The smallest absolute Gasteiger partial charge is 0.0374 e. The van der Waals surface area contributed by atoms with E-state index in [-0.39, 0.29) is 0 Å². The molecule has 0 spiro atoms. The largest absolute Gasteiger partial charge is 0.382 e. The van der Waals surface area contributed by atoms with Crippen LogP contribution in [0.15, 0.2) is 24.3 Å². The van der Waals surface area contributed by atoms with Gasteiger partial charge in [-0.3, -0.25) is 0 Å². The maximum absolute atomic E-state index is 3.68. The molecule has 90 valence electrons. The molecule has 0 saturated heterocycles. The van der Waals surface area contributed by atoms with Crippen molar-refractivity contribution in [3.05, 3.63) is 29.8 Å². The van der Waals surface area contributed by atoms with E-state index in [0.29, 0.717) is 6.04 Å². The molecule has 0 aliphatic carbocycles. The van der Waals surface area contributed by atoms with Gasteiger partial charge in [-0.05, 0) is 30.9 Å². The van der Waals surface area contributed by atoms with E-state index >= 15 is 0 Å². The van der Waals surface area contributed by atoms with Crippen LogP contribution in [0.25, 0.3) is 0 Å². The van der Waals surface area contributed by atoms with Crippen LogP contribution >= 0.6 is 0 Å². The minimum Gasteiger partial charge on any atom is -0.382 e. The molecule has 0 heterocycles. The van der Waals surface area contributed by atoms with Crippen molar-refractivity contribution in [2.24, 2.45) is 0 Å². The van der Waals surface area contributed by atoms with Crippen LogP contribution in [0.3, 0.4) is 0 Å². The van der Waals surface area contributed by atoms with Crippen molar-refractivity contribution >= 4 is 5.69 Å². The third kappa shape index (κ3) is 3.88. The Morgan fingerprint density at radius 2 is 1.88 bits per heavy atom. The van der Waals surface area contributed by atoms with E-state index in [1.165, 1.54) is 36.9 Å². The van der Waals surface area contributed by atoms with Crippen molar-refractivity contribution in [1.82, 2.24) is 0 Å². The molecule has 1 atom stereocenters. The highest BCUT2D eigenvalue weighted by Crippen LogP contribution is 2.19. The maximum Gasteiger partial charge on any atom is 0.0374 e. The number of rotatable bonds is 7. The van der Waals surface area contributed by atoms with Crippen molar-refractivity contribution in [2.75, 3.05) is 5.32 Å². The van der Waals surface area contributed by atoms with Gasteiger partial charge in [0.25, 0.3) is 0 Å². The quantitative estimate of drug-likeness (QED) is 0.705. The molecule has 1 unspecified atom stereocenters. The Morgan fingerprint density at radius 1 is 1.12 bits per heavy atom. The molecule has 1 heteroatoms.